The lowest BCUT2D eigenvalue weighted by atomic mass is 10.0. The number of Topliss-reactive ketones (excluding diaryl/α,β-unsaturated/α-hetero) is 1. The first-order valence-corrected chi connectivity index (χ1v) is 7.09. The molecule has 108 valence electrons. The number of esters is 1. The second-order valence-electron chi connectivity index (χ2n) is 4.18. The molecule has 0 aliphatic heterocycles. The minimum atomic E-state index is -0.662. The van der Waals surface area contributed by atoms with Crippen molar-refractivity contribution in [3.63, 3.8) is 0 Å². The fourth-order valence-corrected chi connectivity index (χ4v) is 2.25. The fourth-order valence-electron chi connectivity index (χ4n) is 1.49. The molecule has 1 aromatic carbocycles. The lowest BCUT2D eigenvalue weighted by molar-refractivity contribution is -0.138. The zero-order valence-electron chi connectivity index (χ0n) is 11.4. The number of ketones is 1. The van der Waals surface area contributed by atoms with Crippen LogP contribution >= 0.6 is 27.5 Å². The van der Waals surface area contributed by atoms with Crippen molar-refractivity contribution in [2.45, 2.75) is 6.92 Å². The molecule has 1 aromatic rings. The van der Waals surface area contributed by atoms with Gasteiger partial charge in [0.1, 0.15) is 5.57 Å². The van der Waals surface area contributed by atoms with Gasteiger partial charge in [0.25, 0.3) is 0 Å². The summed E-state index contributed by atoms with van der Waals surface area (Å²) in [4.78, 5) is 25.9. The summed E-state index contributed by atoms with van der Waals surface area (Å²) < 4.78 is 5.66. The molecule has 1 rings (SSSR count). The first kappa shape index (κ1) is 16.7. The predicted molar refractivity (Wildman–Crippen MR) is 81.9 cm³/mol. The quantitative estimate of drug-likeness (QED) is 0.266. The third kappa shape index (κ3) is 4.35. The molecule has 20 heavy (non-hydrogen) atoms. The third-order valence-corrected chi connectivity index (χ3v) is 3.11. The molecule has 0 spiro atoms. The lowest BCUT2D eigenvalue weighted by Gasteiger charge is -2.11. The van der Waals surface area contributed by atoms with Crippen molar-refractivity contribution >= 4 is 39.3 Å². The maximum atomic E-state index is 12.4. The molecule has 0 fully saturated rings. The molecule has 0 unspecified atom stereocenters. The molecule has 0 aliphatic rings. The van der Waals surface area contributed by atoms with Gasteiger partial charge in [-0.25, -0.2) is 4.79 Å². The van der Waals surface area contributed by atoms with Gasteiger partial charge in [-0.05, 0) is 25.1 Å². The van der Waals surface area contributed by atoms with Crippen molar-refractivity contribution in [3.05, 3.63) is 45.0 Å². The Labute approximate surface area is 131 Å². The molecule has 6 heteroatoms. The molecular formula is C14H15BrClNO3. The van der Waals surface area contributed by atoms with Crippen molar-refractivity contribution in [1.29, 1.82) is 0 Å². The summed E-state index contributed by atoms with van der Waals surface area (Å²) >= 11 is 9.31. The fraction of sp³-hybridized carbons (Fsp3) is 0.286. The summed E-state index contributed by atoms with van der Waals surface area (Å²) in [5, 5.41) is 0.276. The Morgan fingerprint density at radius 2 is 2.05 bits per heavy atom. The Hall–Kier alpha value is -1.33. The molecule has 0 N–H and O–H groups in total. The van der Waals surface area contributed by atoms with Crippen molar-refractivity contribution in [3.8, 4) is 0 Å². The van der Waals surface area contributed by atoms with Crippen LogP contribution in [-0.2, 0) is 9.53 Å². The zero-order chi connectivity index (χ0) is 15.3. The van der Waals surface area contributed by atoms with E-state index in [-0.39, 0.29) is 22.8 Å². The third-order valence-electron chi connectivity index (χ3n) is 2.30. The van der Waals surface area contributed by atoms with Gasteiger partial charge < -0.3 is 9.64 Å². The summed E-state index contributed by atoms with van der Waals surface area (Å²) in [6, 6.07) is 4.86. The molecule has 0 atom stereocenters. The minimum Gasteiger partial charge on any atom is -0.462 e. The van der Waals surface area contributed by atoms with Gasteiger partial charge in [-0.15, -0.1) is 0 Å². The molecule has 0 heterocycles. The topological polar surface area (TPSA) is 46.6 Å². The van der Waals surface area contributed by atoms with Crippen LogP contribution in [0.4, 0.5) is 0 Å². The van der Waals surface area contributed by atoms with E-state index in [2.05, 4.69) is 15.9 Å². The number of rotatable bonds is 5. The molecule has 0 radical (unpaired) electrons. The van der Waals surface area contributed by atoms with Crippen LogP contribution in [-0.4, -0.2) is 37.4 Å². The molecule has 0 saturated carbocycles. The average molecular weight is 361 g/mol. The van der Waals surface area contributed by atoms with E-state index in [0.717, 1.165) is 4.47 Å². The number of hydrogen-bond donors (Lipinski definition) is 0. The van der Waals surface area contributed by atoms with Gasteiger partial charge in [0, 0.05) is 30.3 Å². The van der Waals surface area contributed by atoms with Gasteiger partial charge in [-0.1, -0.05) is 27.5 Å². The number of nitrogens with zero attached hydrogens (tertiary/aromatic N) is 1. The highest BCUT2D eigenvalue weighted by Crippen LogP contribution is 2.24. The molecule has 0 aromatic heterocycles. The van der Waals surface area contributed by atoms with Crippen LogP contribution in [0.5, 0.6) is 0 Å². The number of ether oxygens (including phenoxy) is 1. The van der Waals surface area contributed by atoms with Crippen LogP contribution < -0.4 is 0 Å². The van der Waals surface area contributed by atoms with E-state index < -0.39 is 11.8 Å². The Bertz CT molecular complexity index is 555. The summed E-state index contributed by atoms with van der Waals surface area (Å²) in [7, 11) is 3.44. The number of carbonyl (C=O) groups excluding carboxylic acids is 2. The summed E-state index contributed by atoms with van der Waals surface area (Å²) in [5.41, 5.74) is 0.206. The van der Waals surface area contributed by atoms with Crippen LogP contribution in [0.15, 0.2) is 34.4 Å². The van der Waals surface area contributed by atoms with E-state index in [1.807, 2.05) is 0 Å². The smallest absolute Gasteiger partial charge is 0.343 e. The van der Waals surface area contributed by atoms with E-state index in [9.17, 15) is 9.59 Å². The van der Waals surface area contributed by atoms with Crippen molar-refractivity contribution < 1.29 is 14.3 Å². The zero-order valence-corrected chi connectivity index (χ0v) is 13.8. The van der Waals surface area contributed by atoms with E-state index in [1.165, 1.54) is 6.20 Å². The second kappa shape index (κ2) is 7.45. The summed E-state index contributed by atoms with van der Waals surface area (Å²) in [5.74, 6) is -1.13. The molecular weight excluding hydrogens is 346 g/mol. The van der Waals surface area contributed by atoms with Gasteiger partial charge >= 0.3 is 5.97 Å². The highest BCUT2D eigenvalue weighted by Gasteiger charge is 2.23. The van der Waals surface area contributed by atoms with Crippen molar-refractivity contribution in [1.82, 2.24) is 4.90 Å². The van der Waals surface area contributed by atoms with Gasteiger partial charge in [0.15, 0.2) is 0 Å². The normalized spacial score (nSPS) is 11.2. The van der Waals surface area contributed by atoms with Crippen molar-refractivity contribution in [2.24, 2.45) is 0 Å². The van der Waals surface area contributed by atoms with E-state index in [4.69, 9.17) is 16.3 Å². The van der Waals surface area contributed by atoms with Crippen LogP contribution in [0.25, 0.3) is 0 Å². The van der Waals surface area contributed by atoms with Crippen LogP contribution in [0.2, 0.25) is 5.02 Å². The van der Waals surface area contributed by atoms with Gasteiger partial charge in [0.05, 0.1) is 11.6 Å². The van der Waals surface area contributed by atoms with Crippen molar-refractivity contribution in [2.75, 3.05) is 20.7 Å². The molecule has 0 amide bonds. The van der Waals surface area contributed by atoms with Crippen LogP contribution in [0.3, 0.4) is 0 Å². The predicted octanol–water partition coefficient (Wildman–Crippen LogP) is 3.29. The highest BCUT2D eigenvalue weighted by molar-refractivity contribution is 9.10. The monoisotopic (exact) mass is 359 g/mol. The van der Waals surface area contributed by atoms with Crippen LogP contribution in [0, 0.1) is 0 Å². The Morgan fingerprint density at radius 1 is 1.40 bits per heavy atom. The first-order valence-electron chi connectivity index (χ1n) is 5.92. The molecule has 0 saturated heterocycles. The maximum absolute atomic E-state index is 12.4. The summed E-state index contributed by atoms with van der Waals surface area (Å²) in [6.07, 6.45) is 1.43. The number of hydrogen-bond acceptors (Lipinski definition) is 4. The standard InChI is InChI=1S/C14H15BrClNO3/c1-4-20-14(19)11(8-17(2)3)13(18)10-6-5-9(15)7-12(10)16/h5-8H,4H2,1-3H3. The van der Waals surface area contributed by atoms with Gasteiger partial charge in [-0.3, -0.25) is 4.79 Å². The first-order chi connectivity index (χ1) is 9.36. The number of halogens is 2. The molecule has 0 bridgehead atoms. The Balaban J connectivity index is 3.20. The molecule has 0 aliphatic carbocycles. The Kier molecular flexibility index (Phi) is 6.23. The second-order valence-corrected chi connectivity index (χ2v) is 5.50. The average Bonchev–Trinajstić information content (AvgIpc) is 2.35. The lowest BCUT2D eigenvalue weighted by Crippen LogP contribution is -2.19. The summed E-state index contributed by atoms with van der Waals surface area (Å²) in [6.45, 7) is 1.88. The van der Waals surface area contributed by atoms with E-state index in [0.29, 0.717) is 0 Å². The minimum absolute atomic E-state index is 0.0546. The number of benzene rings is 1. The largest absolute Gasteiger partial charge is 0.462 e. The van der Waals surface area contributed by atoms with E-state index >= 15 is 0 Å². The SMILES string of the molecule is CCOC(=O)C(=CN(C)C)C(=O)c1ccc(Br)cc1Cl. The number of carbonyl (C=O) groups is 2. The van der Waals surface area contributed by atoms with E-state index in [1.54, 1.807) is 44.1 Å². The highest BCUT2D eigenvalue weighted by atomic mass is 79.9. The maximum Gasteiger partial charge on any atom is 0.343 e. The van der Waals surface area contributed by atoms with Gasteiger partial charge in [0.2, 0.25) is 5.78 Å². The van der Waals surface area contributed by atoms with Gasteiger partial charge in [-0.2, -0.15) is 0 Å². The van der Waals surface area contributed by atoms with Crippen LogP contribution in [0.1, 0.15) is 17.3 Å². The Morgan fingerprint density at radius 3 is 2.55 bits per heavy atom. The molecule has 4 nitrogen and oxygen atoms in total.